The van der Waals surface area contributed by atoms with Gasteiger partial charge in [-0.1, -0.05) is 0 Å². The molecule has 2 aromatic heterocycles. The zero-order valence-corrected chi connectivity index (χ0v) is 8.77. The number of nitrogens with one attached hydrogen (secondary N) is 1. The smallest absolute Gasteiger partial charge is 0.166 e. The Kier molecular flexibility index (Phi) is 2.60. The van der Waals surface area contributed by atoms with Crippen LogP contribution in [0.25, 0.3) is 10.8 Å². The highest BCUT2D eigenvalue weighted by molar-refractivity contribution is 7.15. The van der Waals surface area contributed by atoms with Gasteiger partial charge in [0.2, 0.25) is 0 Å². The first kappa shape index (κ1) is 9.36. The van der Waals surface area contributed by atoms with Gasteiger partial charge in [0.05, 0.1) is 5.69 Å². The highest BCUT2D eigenvalue weighted by atomic mass is 32.1. The zero-order chi connectivity index (χ0) is 9.97. The maximum Gasteiger partial charge on any atom is 0.166 e. The monoisotopic (exact) mass is 208 g/mol. The molecule has 0 aliphatic rings. The van der Waals surface area contributed by atoms with E-state index in [-0.39, 0.29) is 0 Å². The normalized spacial score (nSPS) is 10.7. The number of hydrogen-bond acceptors (Lipinski definition) is 4. The second kappa shape index (κ2) is 3.89. The van der Waals surface area contributed by atoms with Gasteiger partial charge in [-0.3, -0.25) is 0 Å². The topological polar surface area (TPSA) is 67.6 Å². The molecule has 0 amide bonds. The lowest BCUT2D eigenvalue weighted by Gasteiger charge is -1.90. The molecule has 0 atom stereocenters. The van der Waals surface area contributed by atoms with Crippen molar-refractivity contribution in [2.24, 2.45) is 5.73 Å². The van der Waals surface area contributed by atoms with E-state index in [9.17, 15) is 0 Å². The molecule has 74 valence electrons. The van der Waals surface area contributed by atoms with Crippen LogP contribution in [0.3, 0.4) is 0 Å². The van der Waals surface area contributed by atoms with Gasteiger partial charge >= 0.3 is 0 Å². The summed E-state index contributed by atoms with van der Waals surface area (Å²) in [7, 11) is 0. The molecule has 2 rings (SSSR count). The molecule has 0 unspecified atom stereocenters. The third-order valence-corrected chi connectivity index (χ3v) is 3.19. The van der Waals surface area contributed by atoms with Crippen LogP contribution < -0.4 is 5.73 Å². The SMILES string of the molecule is Cc1nc(-c2ncc[nH]2)sc1CCN. The van der Waals surface area contributed by atoms with Crippen molar-refractivity contribution in [3.63, 3.8) is 0 Å². The third kappa shape index (κ3) is 1.69. The largest absolute Gasteiger partial charge is 0.343 e. The first-order valence-electron chi connectivity index (χ1n) is 4.47. The number of nitrogens with two attached hydrogens (primary N) is 1. The minimum atomic E-state index is 0.667. The molecule has 3 N–H and O–H groups in total. The second-order valence-electron chi connectivity index (χ2n) is 3.00. The highest BCUT2D eigenvalue weighted by Gasteiger charge is 2.09. The second-order valence-corrected chi connectivity index (χ2v) is 4.09. The summed E-state index contributed by atoms with van der Waals surface area (Å²) in [5, 5.41) is 0.941. The Bertz CT molecular complexity index is 404. The molecule has 4 nitrogen and oxygen atoms in total. The summed E-state index contributed by atoms with van der Waals surface area (Å²) in [6, 6.07) is 0. The maximum atomic E-state index is 5.51. The molecule has 0 fully saturated rings. The van der Waals surface area contributed by atoms with Gasteiger partial charge in [-0.15, -0.1) is 11.3 Å². The lowest BCUT2D eigenvalue weighted by molar-refractivity contribution is 0.970. The zero-order valence-electron chi connectivity index (χ0n) is 7.95. The van der Waals surface area contributed by atoms with Gasteiger partial charge in [0, 0.05) is 17.3 Å². The van der Waals surface area contributed by atoms with Crippen molar-refractivity contribution >= 4 is 11.3 Å². The van der Waals surface area contributed by atoms with Crippen LogP contribution in [0.15, 0.2) is 12.4 Å². The summed E-state index contributed by atoms with van der Waals surface area (Å²) >= 11 is 1.66. The standard InChI is InChI=1S/C9H12N4S/c1-6-7(2-3-10)14-9(13-6)8-11-4-5-12-8/h4-5H,2-3,10H2,1H3,(H,11,12). The minimum Gasteiger partial charge on any atom is -0.343 e. The summed E-state index contributed by atoms with van der Waals surface area (Å²) in [5.41, 5.74) is 6.57. The molecule has 0 saturated carbocycles. The Labute approximate surface area is 86.2 Å². The molecule has 2 heterocycles. The number of aryl methyl sites for hydroxylation is 1. The summed E-state index contributed by atoms with van der Waals surface area (Å²) in [6.45, 7) is 2.68. The number of hydrogen-bond donors (Lipinski definition) is 2. The Morgan fingerprint density at radius 1 is 1.57 bits per heavy atom. The van der Waals surface area contributed by atoms with E-state index in [1.165, 1.54) is 4.88 Å². The van der Waals surface area contributed by atoms with E-state index in [1.54, 1.807) is 23.7 Å². The van der Waals surface area contributed by atoms with E-state index in [0.717, 1.165) is 22.9 Å². The van der Waals surface area contributed by atoms with Crippen LogP contribution in [0.5, 0.6) is 0 Å². The molecule has 0 radical (unpaired) electrons. The average molecular weight is 208 g/mol. The third-order valence-electron chi connectivity index (χ3n) is 1.96. The molecule has 0 aromatic carbocycles. The number of H-pyrrole nitrogens is 1. The van der Waals surface area contributed by atoms with Crippen LogP contribution in [-0.2, 0) is 6.42 Å². The van der Waals surface area contributed by atoms with E-state index >= 15 is 0 Å². The molecule has 0 aliphatic carbocycles. The van der Waals surface area contributed by atoms with Crippen LogP contribution in [0.2, 0.25) is 0 Å². The van der Waals surface area contributed by atoms with Gasteiger partial charge in [-0.25, -0.2) is 9.97 Å². The van der Waals surface area contributed by atoms with Crippen molar-refractivity contribution in [3.05, 3.63) is 23.0 Å². The van der Waals surface area contributed by atoms with Gasteiger partial charge in [0.25, 0.3) is 0 Å². The lowest BCUT2D eigenvalue weighted by Crippen LogP contribution is -2.01. The molecule has 0 saturated heterocycles. The van der Waals surface area contributed by atoms with Crippen molar-refractivity contribution in [1.29, 1.82) is 0 Å². The summed E-state index contributed by atoms with van der Waals surface area (Å²) in [6.07, 6.45) is 4.42. The summed E-state index contributed by atoms with van der Waals surface area (Å²) in [5.74, 6) is 0.835. The van der Waals surface area contributed by atoms with Gasteiger partial charge in [-0.2, -0.15) is 0 Å². The molecule has 0 spiro atoms. The van der Waals surface area contributed by atoms with Crippen LogP contribution in [0.4, 0.5) is 0 Å². The molecular weight excluding hydrogens is 196 g/mol. The fourth-order valence-electron chi connectivity index (χ4n) is 1.27. The summed E-state index contributed by atoms with van der Waals surface area (Å²) < 4.78 is 0. The molecule has 5 heteroatoms. The Hall–Kier alpha value is -1.20. The number of imidazole rings is 1. The van der Waals surface area contributed by atoms with Crippen LogP contribution in [0.1, 0.15) is 10.6 Å². The van der Waals surface area contributed by atoms with Crippen LogP contribution >= 0.6 is 11.3 Å². The van der Waals surface area contributed by atoms with E-state index in [0.29, 0.717) is 6.54 Å². The van der Waals surface area contributed by atoms with Gasteiger partial charge in [0.15, 0.2) is 10.8 Å². The number of aromatic amines is 1. The molecule has 0 bridgehead atoms. The predicted octanol–water partition coefficient (Wildman–Crippen LogP) is 1.34. The number of aromatic nitrogens is 3. The van der Waals surface area contributed by atoms with E-state index < -0.39 is 0 Å². The lowest BCUT2D eigenvalue weighted by atomic mass is 10.3. The Morgan fingerprint density at radius 3 is 3.07 bits per heavy atom. The van der Waals surface area contributed by atoms with Crippen molar-refractivity contribution in [2.75, 3.05) is 6.54 Å². The number of thiazole rings is 1. The van der Waals surface area contributed by atoms with E-state index in [4.69, 9.17) is 5.73 Å². The first-order valence-corrected chi connectivity index (χ1v) is 5.29. The van der Waals surface area contributed by atoms with Crippen molar-refractivity contribution in [1.82, 2.24) is 15.0 Å². The molecule has 0 aliphatic heterocycles. The molecular formula is C9H12N4S. The van der Waals surface area contributed by atoms with Crippen molar-refractivity contribution < 1.29 is 0 Å². The average Bonchev–Trinajstić information content (AvgIpc) is 2.76. The Balaban J connectivity index is 2.33. The molecule has 2 aromatic rings. The fraction of sp³-hybridized carbons (Fsp3) is 0.333. The quantitative estimate of drug-likeness (QED) is 0.800. The van der Waals surface area contributed by atoms with Crippen LogP contribution in [-0.4, -0.2) is 21.5 Å². The molecule has 14 heavy (non-hydrogen) atoms. The van der Waals surface area contributed by atoms with Crippen LogP contribution in [0, 0.1) is 6.92 Å². The minimum absolute atomic E-state index is 0.667. The highest BCUT2D eigenvalue weighted by Crippen LogP contribution is 2.25. The fourth-order valence-corrected chi connectivity index (χ4v) is 2.31. The van der Waals surface area contributed by atoms with Crippen molar-refractivity contribution in [3.8, 4) is 10.8 Å². The summed E-state index contributed by atoms with van der Waals surface area (Å²) in [4.78, 5) is 12.9. The van der Waals surface area contributed by atoms with Gasteiger partial charge in [-0.05, 0) is 19.9 Å². The van der Waals surface area contributed by atoms with Crippen molar-refractivity contribution in [2.45, 2.75) is 13.3 Å². The number of nitrogens with zero attached hydrogens (tertiary/aromatic N) is 2. The number of rotatable bonds is 3. The van der Waals surface area contributed by atoms with Gasteiger partial charge in [0.1, 0.15) is 0 Å². The van der Waals surface area contributed by atoms with E-state index in [1.807, 2.05) is 6.92 Å². The van der Waals surface area contributed by atoms with E-state index in [2.05, 4.69) is 15.0 Å². The maximum absolute atomic E-state index is 5.51. The Morgan fingerprint density at radius 2 is 2.43 bits per heavy atom. The first-order chi connectivity index (χ1) is 6.81. The van der Waals surface area contributed by atoms with Gasteiger partial charge < -0.3 is 10.7 Å². The predicted molar refractivity (Wildman–Crippen MR) is 57.2 cm³/mol.